The normalized spacial score (nSPS) is 10.4. The molecule has 0 radical (unpaired) electrons. The summed E-state index contributed by atoms with van der Waals surface area (Å²) in [4.78, 5) is 0. The third-order valence-corrected chi connectivity index (χ3v) is 3.52. The number of nitrogens with one attached hydrogen (secondary N) is 1. The van der Waals surface area contributed by atoms with Crippen molar-refractivity contribution in [3.05, 3.63) is 57.6 Å². The Labute approximate surface area is 124 Å². The molecule has 0 aliphatic carbocycles. The van der Waals surface area contributed by atoms with E-state index in [1.165, 1.54) is 6.07 Å². The number of hydrogen-bond acceptors (Lipinski definition) is 2. The van der Waals surface area contributed by atoms with E-state index >= 15 is 0 Å². The Kier molecular flexibility index (Phi) is 4.60. The van der Waals surface area contributed by atoms with Crippen molar-refractivity contribution in [3.63, 3.8) is 0 Å². The van der Waals surface area contributed by atoms with E-state index in [2.05, 4.69) is 21.2 Å². The molecule has 1 N–H and O–H groups in total. The molecule has 106 valence electrons. The van der Waals surface area contributed by atoms with Crippen LogP contribution in [0.15, 0.2) is 34.8 Å². The Morgan fingerprint density at radius 3 is 2.60 bits per heavy atom. The van der Waals surface area contributed by atoms with E-state index in [4.69, 9.17) is 4.74 Å². The number of methoxy groups -OCH3 is 1. The van der Waals surface area contributed by atoms with Crippen molar-refractivity contribution in [2.45, 2.75) is 13.5 Å². The standard InChI is InChI=1S/C15H14BrF2NO/c1-9-3-4-15(20-2)10(5-9)8-19-14-6-11(16)12(17)7-13(14)18/h3-7,19H,8H2,1-2H3. The molecule has 0 bridgehead atoms. The summed E-state index contributed by atoms with van der Waals surface area (Å²) in [5.74, 6) is -0.525. The molecule has 0 fully saturated rings. The van der Waals surface area contributed by atoms with Crippen molar-refractivity contribution in [3.8, 4) is 5.75 Å². The first-order valence-corrected chi connectivity index (χ1v) is 6.82. The number of halogens is 3. The average molecular weight is 342 g/mol. The first kappa shape index (κ1) is 14.8. The van der Waals surface area contributed by atoms with Gasteiger partial charge in [0.1, 0.15) is 17.4 Å². The molecular formula is C15H14BrF2NO. The average Bonchev–Trinajstić information content (AvgIpc) is 2.41. The van der Waals surface area contributed by atoms with E-state index in [1.54, 1.807) is 7.11 Å². The summed E-state index contributed by atoms with van der Waals surface area (Å²) in [5.41, 5.74) is 2.23. The highest BCUT2D eigenvalue weighted by Gasteiger charge is 2.09. The first-order valence-electron chi connectivity index (χ1n) is 6.03. The minimum atomic E-state index is -0.627. The fourth-order valence-corrected chi connectivity index (χ4v) is 2.24. The summed E-state index contributed by atoms with van der Waals surface area (Å²) in [6, 6.07) is 8.00. The molecule has 0 aliphatic heterocycles. The maximum absolute atomic E-state index is 13.6. The maximum atomic E-state index is 13.6. The van der Waals surface area contributed by atoms with Crippen molar-refractivity contribution in [1.29, 1.82) is 0 Å². The number of anilines is 1. The van der Waals surface area contributed by atoms with E-state index in [9.17, 15) is 8.78 Å². The number of rotatable bonds is 4. The summed E-state index contributed by atoms with van der Waals surface area (Å²) in [6.45, 7) is 2.36. The smallest absolute Gasteiger partial charge is 0.149 e. The number of hydrogen-bond donors (Lipinski definition) is 1. The molecule has 0 aromatic heterocycles. The van der Waals surface area contributed by atoms with Gasteiger partial charge in [0.25, 0.3) is 0 Å². The van der Waals surface area contributed by atoms with Gasteiger partial charge in [0.15, 0.2) is 0 Å². The maximum Gasteiger partial charge on any atom is 0.149 e. The zero-order valence-corrected chi connectivity index (χ0v) is 12.7. The van der Waals surface area contributed by atoms with Crippen molar-refractivity contribution < 1.29 is 13.5 Å². The topological polar surface area (TPSA) is 21.3 Å². The Morgan fingerprint density at radius 1 is 1.15 bits per heavy atom. The monoisotopic (exact) mass is 341 g/mol. The van der Waals surface area contributed by atoms with Crippen LogP contribution in [0.4, 0.5) is 14.5 Å². The van der Waals surface area contributed by atoms with Crippen molar-refractivity contribution >= 4 is 21.6 Å². The Morgan fingerprint density at radius 2 is 1.90 bits per heavy atom. The van der Waals surface area contributed by atoms with Crippen LogP contribution in [0.1, 0.15) is 11.1 Å². The van der Waals surface area contributed by atoms with Crippen LogP contribution in [0, 0.1) is 18.6 Å². The van der Waals surface area contributed by atoms with E-state index < -0.39 is 11.6 Å². The molecule has 0 saturated carbocycles. The van der Waals surface area contributed by atoms with E-state index in [-0.39, 0.29) is 10.2 Å². The zero-order valence-electron chi connectivity index (χ0n) is 11.1. The molecule has 20 heavy (non-hydrogen) atoms. The highest BCUT2D eigenvalue weighted by molar-refractivity contribution is 9.10. The molecule has 2 aromatic carbocycles. The number of benzene rings is 2. The van der Waals surface area contributed by atoms with E-state index in [0.29, 0.717) is 6.54 Å². The third kappa shape index (κ3) is 3.28. The van der Waals surface area contributed by atoms with Gasteiger partial charge >= 0.3 is 0 Å². The minimum absolute atomic E-state index is 0.220. The molecule has 0 saturated heterocycles. The lowest BCUT2D eigenvalue weighted by Crippen LogP contribution is -2.04. The van der Waals surface area contributed by atoms with Crippen LogP contribution in [-0.4, -0.2) is 7.11 Å². The fourth-order valence-electron chi connectivity index (χ4n) is 1.89. The predicted octanol–water partition coefficient (Wildman–Crippen LogP) is 4.66. The Hall–Kier alpha value is -1.62. The van der Waals surface area contributed by atoms with Crippen molar-refractivity contribution in [2.24, 2.45) is 0 Å². The van der Waals surface area contributed by atoms with Crippen molar-refractivity contribution in [2.75, 3.05) is 12.4 Å². The van der Waals surface area contributed by atoms with Gasteiger partial charge in [-0.05, 0) is 35.0 Å². The zero-order chi connectivity index (χ0) is 14.7. The first-order chi connectivity index (χ1) is 9.51. The second-order valence-electron chi connectivity index (χ2n) is 4.42. The SMILES string of the molecule is COc1ccc(C)cc1CNc1cc(Br)c(F)cc1F. The molecule has 0 unspecified atom stereocenters. The molecule has 5 heteroatoms. The highest BCUT2D eigenvalue weighted by atomic mass is 79.9. The van der Waals surface area contributed by atoms with Gasteiger partial charge in [-0.1, -0.05) is 17.7 Å². The molecule has 0 spiro atoms. The summed E-state index contributed by atoms with van der Waals surface area (Å²) < 4.78 is 32.3. The molecule has 0 heterocycles. The van der Waals surface area contributed by atoms with Gasteiger partial charge in [-0.25, -0.2) is 8.78 Å². The van der Waals surface area contributed by atoms with E-state index in [0.717, 1.165) is 22.9 Å². The van der Waals surface area contributed by atoms with Gasteiger partial charge < -0.3 is 10.1 Å². The van der Waals surface area contributed by atoms with Gasteiger partial charge in [0.05, 0.1) is 17.3 Å². The molecule has 0 aliphatic rings. The Balaban J connectivity index is 2.21. The molecule has 2 aromatic rings. The van der Waals surface area contributed by atoms with Crippen LogP contribution in [0.3, 0.4) is 0 Å². The van der Waals surface area contributed by atoms with Crippen LogP contribution < -0.4 is 10.1 Å². The molecule has 0 amide bonds. The lowest BCUT2D eigenvalue weighted by Gasteiger charge is -2.12. The third-order valence-electron chi connectivity index (χ3n) is 2.92. The highest BCUT2D eigenvalue weighted by Crippen LogP contribution is 2.26. The summed E-state index contributed by atoms with van der Waals surface area (Å²) >= 11 is 3.04. The number of ether oxygens (including phenoxy) is 1. The van der Waals surface area contributed by atoms with Crippen molar-refractivity contribution in [1.82, 2.24) is 0 Å². The summed E-state index contributed by atoms with van der Waals surface area (Å²) in [5, 5.41) is 2.95. The largest absolute Gasteiger partial charge is 0.496 e. The molecule has 2 rings (SSSR count). The second-order valence-corrected chi connectivity index (χ2v) is 5.27. The minimum Gasteiger partial charge on any atom is -0.496 e. The van der Waals surface area contributed by atoms with Gasteiger partial charge in [0, 0.05) is 18.2 Å². The second kappa shape index (κ2) is 6.22. The lowest BCUT2D eigenvalue weighted by molar-refractivity contribution is 0.410. The molecule has 0 atom stereocenters. The van der Waals surface area contributed by atoms with Gasteiger partial charge in [0.2, 0.25) is 0 Å². The van der Waals surface area contributed by atoms with Crippen LogP contribution in [0.2, 0.25) is 0 Å². The van der Waals surface area contributed by atoms with Crippen LogP contribution in [0.25, 0.3) is 0 Å². The van der Waals surface area contributed by atoms with Crippen LogP contribution in [-0.2, 0) is 6.54 Å². The molecule has 2 nitrogen and oxygen atoms in total. The summed E-state index contributed by atoms with van der Waals surface area (Å²) in [7, 11) is 1.59. The lowest BCUT2D eigenvalue weighted by atomic mass is 10.1. The van der Waals surface area contributed by atoms with Crippen LogP contribution in [0.5, 0.6) is 5.75 Å². The van der Waals surface area contributed by atoms with E-state index in [1.807, 2.05) is 25.1 Å². The molecular weight excluding hydrogens is 328 g/mol. The number of aryl methyl sites for hydroxylation is 1. The predicted molar refractivity (Wildman–Crippen MR) is 79.1 cm³/mol. The van der Waals surface area contributed by atoms with Gasteiger partial charge in [-0.15, -0.1) is 0 Å². The van der Waals surface area contributed by atoms with Crippen LogP contribution >= 0.6 is 15.9 Å². The fraction of sp³-hybridized carbons (Fsp3) is 0.200. The van der Waals surface area contributed by atoms with Gasteiger partial charge in [-0.3, -0.25) is 0 Å². The van der Waals surface area contributed by atoms with Gasteiger partial charge in [-0.2, -0.15) is 0 Å². The Bertz CT molecular complexity index is 632. The summed E-state index contributed by atoms with van der Waals surface area (Å²) in [6.07, 6.45) is 0. The quantitative estimate of drug-likeness (QED) is 0.817.